The third kappa shape index (κ3) is 4.04. The van der Waals surface area contributed by atoms with Crippen LogP contribution in [0.3, 0.4) is 0 Å². The van der Waals surface area contributed by atoms with Crippen molar-refractivity contribution in [1.82, 2.24) is 5.32 Å². The first kappa shape index (κ1) is 22.2. The van der Waals surface area contributed by atoms with Crippen LogP contribution >= 0.6 is 0 Å². The average molecular weight is 488 g/mol. The highest BCUT2D eigenvalue weighted by molar-refractivity contribution is 6.20. The summed E-state index contributed by atoms with van der Waals surface area (Å²) in [6.45, 7) is 0. The second kappa shape index (κ2) is 9.45. The van der Waals surface area contributed by atoms with E-state index < -0.39 is 0 Å². The van der Waals surface area contributed by atoms with E-state index in [4.69, 9.17) is 9.98 Å². The predicted molar refractivity (Wildman–Crippen MR) is 159 cm³/mol. The average Bonchev–Trinajstić information content (AvgIpc) is 3.01. The molecule has 1 N–H and O–H groups in total. The molecule has 0 bridgehead atoms. The molecule has 3 heteroatoms. The van der Waals surface area contributed by atoms with Crippen molar-refractivity contribution in [3.8, 4) is 11.1 Å². The van der Waals surface area contributed by atoms with Crippen LogP contribution in [0.25, 0.3) is 32.7 Å². The third-order valence-corrected chi connectivity index (χ3v) is 7.13. The Hall–Kier alpha value is -5.02. The molecule has 0 aromatic heterocycles. The molecule has 7 rings (SSSR count). The molecule has 6 aromatic rings. The van der Waals surface area contributed by atoms with Crippen molar-refractivity contribution < 1.29 is 0 Å². The van der Waals surface area contributed by atoms with Gasteiger partial charge >= 0.3 is 0 Å². The van der Waals surface area contributed by atoms with Gasteiger partial charge in [0.2, 0.25) is 0 Å². The standard InChI is InChI=1S/C35H25N3/c1-3-11-24(12-4-1)28-22-21-26-17-10-20-31(32(26)23-28)35-37-33(27-14-5-2-6-15-27)36-34(38-35)30-19-9-16-25-13-7-8-18-29(25)30/h1-23,33H,(H,36,37,38). The van der Waals surface area contributed by atoms with Crippen molar-refractivity contribution in [1.29, 1.82) is 0 Å². The summed E-state index contributed by atoms with van der Waals surface area (Å²) in [5.74, 6) is 1.56. The van der Waals surface area contributed by atoms with Crippen molar-refractivity contribution >= 4 is 33.2 Å². The molecule has 1 unspecified atom stereocenters. The monoisotopic (exact) mass is 487 g/mol. The van der Waals surface area contributed by atoms with E-state index in [0.29, 0.717) is 0 Å². The smallest absolute Gasteiger partial charge is 0.160 e. The van der Waals surface area contributed by atoms with Gasteiger partial charge in [0.25, 0.3) is 0 Å². The SMILES string of the molecule is c1ccc(-c2ccc3cccc(C4=NC(c5cccc6ccccc56)=NC(c5ccccc5)N4)c3c2)cc1. The fourth-order valence-electron chi connectivity index (χ4n) is 5.22. The Kier molecular flexibility index (Phi) is 5.52. The molecular formula is C35H25N3. The van der Waals surface area contributed by atoms with E-state index in [9.17, 15) is 0 Å². The summed E-state index contributed by atoms with van der Waals surface area (Å²) in [4.78, 5) is 10.3. The lowest BCUT2D eigenvalue weighted by atomic mass is 9.97. The van der Waals surface area contributed by atoms with Crippen molar-refractivity contribution in [3.05, 3.63) is 156 Å². The summed E-state index contributed by atoms with van der Waals surface area (Å²) in [5.41, 5.74) is 5.58. The van der Waals surface area contributed by atoms with Gasteiger partial charge in [-0.25, -0.2) is 9.98 Å². The highest BCUT2D eigenvalue weighted by Gasteiger charge is 2.23. The van der Waals surface area contributed by atoms with Gasteiger partial charge < -0.3 is 5.32 Å². The Balaban J connectivity index is 1.42. The van der Waals surface area contributed by atoms with E-state index in [-0.39, 0.29) is 6.17 Å². The normalized spacial score (nSPS) is 15.1. The fourth-order valence-corrected chi connectivity index (χ4v) is 5.22. The van der Waals surface area contributed by atoms with Crippen LogP contribution in [0.5, 0.6) is 0 Å². The van der Waals surface area contributed by atoms with Crippen LogP contribution in [0.1, 0.15) is 22.9 Å². The molecule has 0 saturated heterocycles. The number of hydrogen-bond donors (Lipinski definition) is 1. The number of benzene rings is 6. The van der Waals surface area contributed by atoms with Gasteiger partial charge in [-0.05, 0) is 44.3 Å². The zero-order valence-corrected chi connectivity index (χ0v) is 20.8. The molecule has 0 aliphatic carbocycles. The van der Waals surface area contributed by atoms with Crippen molar-refractivity contribution in [2.75, 3.05) is 0 Å². The van der Waals surface area contributed by atoms with E-state index in [1.807, 2.05) is 6.07 Å². The second-order valence-corrected chi connectivity index (χ2v) is 9.50. The second-order valence-electron chi connectivity index (χ2n) is 9.50. The minimum Gasteiger partial charge on any atom is -0.344 e. The highest BCUT2D eigenvalue weighted by atomic mass is 15.2. The lowest BCUT2D eigenvalue weighted by Gasteiger charge is -2.24. The van der Waals surface area contributed by atoms with Crippen LogP contribution in [0.4, 0.5) is 0 Å². The number of fused-ring (bicyclic) bond motifs is 2. The van der Waals surface area contributed by atoms with Crippen molar-refractivity contribution in [2.45, 2.75) is 6.17 Å². The molecule has 3 nitrogen and oxygen atoms in total. The van der Waals surface area contributed by atoms with E-state index in [1.165, 1.54) is 21.9 Å². The molecule has 180 valence electrons. The lowest BCUT2D eigenvalue weighted by Crippen LogP contribution is -2.33. The molecule has 1 aliphatic heterocycles. The van der Waals surface area contributed by atoms with E-state index in [0.717, 1.165) is 39.1 Å². The van der Waals surface area contributed by atoms with Gasteiger partial charge in [0.1, 0.15) is 12.0 Å². The zero-order valence-electron chi connectivity index (χ0n) is 20.8. The number of nitrogens with zero attached hydrogens (tertiary/aromatic N) is 2. The van der Waals surface area contributed by atoms with Crippen LogP contribution in [0.2, 0.25) is 0 Å². The molecule has 6 aromatic carbocycles. The summed E-state index contributed by atoms with van der Waals surface area (Å²) in [7, 11) is 0. The minimum absolute atomic E-state index is 0.245. The summed E-state index contributed by atoms with van der Waals surface area (Å²) < 4.78 is 0. The Labute approximate surface area is 221 Å². The van der Waals surface area contributed by atoms with Crippen molar-refractivity contribution in [3.63, 3.8) is 0 Å². The first-order valence-electron chi connectivity index (χ1n) is 12.9. The molecule has 0 amide bonds. The molecule has 0 fully saturated rings. The van der Waals surface area contributed by atoms with Crippen LogP contribution in [0.15, 0.2) is 150 Å². The van der Waals surface area contributed by atoms with Gasteiger partial charge in [-0.3, -0.25) is 0 Å². The summed E-state index contributed by atoms with van der Waals surface area (Å²) in [5, 5.41) is 8.31. The van der Waals surface area contributed by atoms with Gasteiger partial charge in [0.05, 0.1) is 0 Å². The van der Waals surface area contributed by atoms with Crippen LogP contribution in [0, 0.1) is 0 Å². The molecule has 0 spiro atoms. The molecule has 1 heterocycles. The van der Waals surface area contributed by atoms with Crippen LogP contribution < -0.4 is 5.32 Å². The maximum absolute atomic E-state index is 5.16. The van der Waals surface area contributed by atoms with E-state index in [1.54, 1.807) is 0 Å². The largest absolute Gasteiger partial charge is 0.344 e. The summed E-state index contributed by atoms with van der Waals surface area (Å²) >= 11 is 0. The van der Waals surface area contributed by atoms with Gasteiger partial charge in [0.15, 0.2) is 5.84 Å². The number of rotatable bonds is 4. The molecule has 38 heavy (non-hydrogen) atoms. The third-order valence-electron chi connectivity index (χ3n) is 7.13. The Morgan fingerprint density at radius 1 is 0.500 bits per heavy atom. The minimum atomic E-state index is -0.245. The molecule has 0 saturated carbocycles. The number of amidine groups is 2. The maximum atomic E-state index is 5.16. The molecule has 0 radical (unpaired) electrons. The molecular weight excluding hydrogens is 462 g/mol. The van der Waals surface area contributed by atoms with Crippen LogP contribution in [-0.2, 0) is 0 Å². The first-order valence-corrected chi connectivity index (χ1v) is 12.9. The maximum Gasteiger partial charge on any atom is 0.160 e. The van der Waals surface area contributed by atoms with Gasteiger partial charge in [-0.15, -0.1) is 0 Å². The first-order chi connectivity index (χ1) is 18.8. The number of aliphatic imine (C=N–C) groups is 2. The molecule has 1 aliphatic rings. The Morgan fingerprint density at radius 3 is 1.97 bits per heavy atom. The van der Waals surface area contributed by atoms with E-state index >= 15 is 0 Å². The quantitative estimate of drug-likeness (QED) is 0.268. The van der Waals surface area contributed by atoms with Gasteiger partial charge in [-0.1, -0.05) is 133 Å². The Morgan fingerprint density at radius 2 is 1.16 bits per heavy atom. The topological polar surface area (TPSA) is 36.8 Å². The summed E-state index contributed by atoms with van der Waals surface area (Å²) in [6.07, 6.45) is -0.245. The highest BCUT2D eigenvalue weighted by Crippen LogP contribution is 2.30. The van der Waals surface area contributed by atoms with Gasteiger partial charge in [0, 0.05) is 11.1 Å². The molecule has 1 atom stereocenters. The van der Waals surface area contributed by atoms with Gasteiger partial charge in [-0.2, -0.15) is 0 Å². The lowest BCUT2D eigenvalue weighted by molar-refractivity contribution is 0.675. The number of nitrogens with one attached hydrogen (secondary N) is 1. The van der Waals surface area contributed by atoms with Crippen molar-refractivity contribution in [2.24, 2.45) is 9.98 Å². The fraction of sp³-hybridized carbons (Fsp3) is 0.0286. The zero-order chi connectivity index (χ0) is 25.3. The Bertz CT molecular complexity index is 1830. The van der Waals surface area contributed by atoms with E-state index in [2.05, 4.69) is 139 Å². The summed E-state index contributed by atoms with van der Waals surface area (Å²) in [6, 6.07) is 48.7. The number of hydrogen-bond acceptors (Lipinski definition) is 3. The van der Waals surface area contributed by atoms with Crippen LogP contribution in [-0.4, -0.2) is 11.7 Å². The predicted octanol–water partition coefficient (Wildman–Crippen LogP) is 8.16.